The quantitative estimate of drug-likeness (QED) is 0.757. The van der Waals surface area contributed by atoms with Crippen molar-refractivity contribution in [3.05, 3.63) is 29.8 Å². The standard InChI is InChI=1S/C17H24N2O4/c1-3-19(10-17(21)22)14-8-13(9-14)18-16(20)11-23-15-6-4-12(2)5-7-15/h4-7,13-14H,3,8-11H2,1-2H3,(H,18,20)(H,21,22). The predicted octanol–water partition coefficient (Wildman–Crippen LogP) is 1.43. The minimum absolute atomic E-state index is 0.00313. The van der Waals surface area contributed by atoms with Crippen molar-refractivity contribution in [2.45, 2.75) is 38.8 Å². The van der Waals surface area contributed by atoms with Crippen molar-refractivity contribution in [1.82, 2.24) is 10.2 Å². The number of nitrogens with zero attached hydrogens (tertiary/aromatic N) is 1. The van der Waals surface area contributed by atoms with Crippen LogP contribution in [0.25, 0.3) is 0 Å². The van der Waals surface area contributed by atoms with Gasteiger partial charge in [0, 0.05) is 12.1 Å². The van der Waals surface area contributed by atoms with Crippen LogP contribution in [0.5, 0.6) is 5.75 Å². The molecule has 0 radical (unpaired) electrons. The third kappa shape index (κ3) is 5.25. The summed E-state index contributed by atoms with van der Waals surface area (Å²) in [6.45, 7) is 4.70. The number of rotatable bonds is 8. The molecular weight excluding hydrogens is 296 g/mol. The van der Waals surface area contributed by atoms with Gasteiger partial charge in [0.15, 0.2) is 6.61 Å². The molecule has 1 aromatic rings. The third-order valence-electron chi connectivity index (χ3n) is 4.13. The van der Waals surface area contributed by atoms with E-state index in [2.05, 4.69) is 5.32 Å². The van der Waals surface area contributed by atoms with E-state index in [9.17, 15) is 9.59 Å². The van der Waals surface area contributed by atoms with E-state index in [1.165, 1.54) is 0 Å². The number of likely N-dealkylation sites (N-methyl/N-ethyl adjacent to an activating group) is 1. The lowest BCUT2D eigenvalue weighted by Crippen LogP contribution is -2.55. The predicted molar refractivity (Wildman–Crippen MR) is 86.5 cm³/mol. The Morgan fingerprint density at radius 1 is 1.30 bits per heavy atom. The van der Waals surface area contributed by atoms with Gasteiger partial charge in [0.05, 0.1) is 6.54 Å². The van der Waals surface area contributed by atoms with Crippen LogP contribution in [-0.2, 0) is 9.59 Å². The fourth-order valence-corrected chi connectivity index (χ4v) is 2.73. The van der Waals surface area contributed by atoms with Crippen molar-refractivity contribution in [3.8, 4) is 5.75 Å². The van der Waals surface area contributed by atoms with Gasteiger partial charge in [0.1, 0.15) is 5.75 Å². The van der Waals surface area contributed by atoms with Gasteiger partial charge in [-0.3, -0.25) is 14.5 Å². The van der Waals surface area contributed by atoms with E-state index in [1.807, 2.05) is 43.0 Å². The van der Waals surface area contributed by atoms with Gasteiger partial charge < -0.3 is 15.2 Å². The summed E-state index contributed by atoms with van der Waals surface area (Å²) in [5.41, 5.74) is 1.14. The Morgan fingerprint density at radius 2 is 1.96 bits per heavy atom. The van der Waals surface area contributed by atoms with Crippen LogP contribution >= 0.6 is 0 Å². The molecule has 0 spiro atoms. The zero-order valence-corrected chi connectivity index (χ0v) is 13.6. The number of benzene rings is 1. The average Bonchev–Trinajstić information content (AvgIpc) is 2.47. The zero-order chi connectivity index (χ0) is 16.8. The highest BCUT2D eigenvalue weighted by atomic mass is 16.5. The van der Waals surface area contributed by atoms with Gasteiger partial charge in [0.25, 0.3) is 5.91 Å². The van der Waals surface area contributed by atoms with Crippen LogP contribution < -0.4 is 10.1 Å². The number of amides is 1. The van der Waals surface area contributed by atoms with Crippen LogP contribution in [0.15, 0.2) is 24.3 Å². The molecule has 6 heteroatoms. The Labute approximate surface area is 136 Å². The highest BCUT2D eigenvalue weighted by molar-refractivity contribution is 5.78. The maximum absolute atomic E-state index is 11.9. The van der Waals surface area contributed by atoms with Crippen molar-refractivity contribution in [3.63, 3.8) is 0 Å². The van der Waals surface area contributed by atoms with E-state index in [0.717, 1.165) is 18.4 Å². The molecular formula is C17H24N2O4. The molecule has 2 rings (SSSR count). The first-order valence-corrected chi connectivity index (χ1v) is 7.92. The fraction of sp³-hybridized carbons (Fsp3) is 0.529. The number of nitrogens with one attached hydrogen (secondary N) is 1. The van der Waals surface area contributed by atoms with E-state index in [4.69, 9.17) is 9.84 Å². The third-order valence-corrected chi connectivity index (χ3v) is 4.13. The highest BCUT2D eigenvalue weighted by Crippen LogP contribution is 2.25. The van der Waals surface area contributed by atoms with Crippen LogP contribution in [0.1, 0.15) is 25.3 Å². The summed E-state index contributed by atoms with van der Waals surface area (Å²) in [4.78, 5) is 24.6. The summed E-state index contributed by atoms with van der Waals surface area (Å²) in [5.74, 6) is -0.281. The first kappa shape index (κ1) is 17.3. The molecule has 1 amide bonds. The summed E-state index contributed by atoms with van der Waals surface area (Å²) < 4.78 is 5.44. The molecule has 1 aromatic carbocycles. The van der Waals surface area contributed by atoms with Crippen molar-refractivity contribution in [2.24, 2.45) is 0 Å². The molecule has 0 bridgehead atoms. The van der Waals surface area contributed by atoms with Crippen LogP contribution in [0.3, 0.4) is 0 Å². The van der Waals surface area contributed by atoms with Gasteiger partial charge in [-0.15, -0.1) is 0 Å². The Balaban J connectivity index is 1.67. The summed E-state index contributed by atoms with van der Waals surface area (Å²) in [5, 5.41) is 11.8. The smallest absolute Gasteiger partial charge is 0.317 e. The molecule has 6 nitrogen and oxygen atoms in total. The number of carbonyl (C=O) groups is 2. The van der Waals surface area contributed by atoms with Crippen molar-refractivity contribution in [1.29, 1.82) is 0 Å². The number of carboxylic acids is 1. The Bertz CT molecular complexity index is 538. The Kier molecular flexibility index (Phi) is 5.98. The van der Waals surface area contributed by atoms with E-state index in [-0.39, 0.29) is 31.1 Å². The molecule has 0 saturated heterocycles. The van der Waals surface area contributed by atoms with Crippen molar-refractivity contribution < 1.29 is 19.4 Å². The maximum Gasteiger partial charge on any atom is 0.317 e. The van der Waals surface area contributed by atoms with Gasteiger partial charge >= 0.3 is 5.97 Å². The molecule has 0 unspecified atom stereocenters. The molecule has 0 aromatic heterocycles. The number of aryl methyl sites for hydroxylation is 1. The van der Waals surface area contributed by atoms with Crippen LogP contribution in [0, 0.1) is 6.92 Å². The molecule has 1 saturated carbocycles. The monoisotopic (exact) mass is 320 g/mol. The molecule has 0 aliphatic heterocycles. The van der Waals surface area contributed by atoms with Gasteiger partial charge in [-0.25, -0.2) is 0 Å². The second-order valence-corrected chi connectivity index (χ2v) is 5.95. The van der Waals surface area contributed by atoms with E-state index in [0.29, 0.717) is 12.3 Å². The highest BCUT2D eigenvalue weighted by Gasteiger charge is 2.34. The normalized spacial score (nSPS) is 20.0. The summed E-state index contributed by atoms with van der Waals surface area (Å²) in [6.07, 6.45) is 1.58. The number of carboxylic acid groups (broad SMARTS) is 1. The van der Waals surface area contributed by atoms with E-state index in [1.54, 1.807) is 0 Å². The fourth-order valence-electron chi connectivity index (χ4n) is 2.73. The van der Waals surface area contributed by atoms with Gasteiger partial charge in [0.2, 0.25) is 0 Å². The topological polar surface area (TPSA) is 78.9 Å². The largest absolute Gasteiger partial charge is 0.484 e. The van der Waals surface area contributed by atoms with Crippen LogP contribution in [0.4, 0.5) is 0 Å². The molecule has 1 aliphatic carbocycles. The molecule has 1 fully saturated rings. The lowest BCUT2D eigenvalue weighted by molar-refractivity contribution is -0.139. The zero-order valence-electron chi connectivity index (χ0n) is 13.6. The molecule has 0 atom stereocenters. The number of carbonyl (C=O) groups excluding carboxylic acids is 1. The van der Waals surface area contributed by atoms with E-state index >= 15 is 0 Å². The first-order valence-electron chi connectivity index (χ1n) is 7.92. The Hall–Kier alpha value is -2.08. The molecule has 23 heavy (non-hydrogen) atoms. The number of ether oxygens (including phenoxy) is 1. The molecule has 1 aliphatic rings. The van der Waals surface area contributed by atoms with Crippen molar-refractivity contribution >= 4 is 11.9 Å². The molecule has 126 valence electrons. The minimum atomic E-state index is -0.814. The number of hydrogen-bond donors (Lipinski definition) is 2. The summed E-state index contributed by atoms with van der Waals surface area (Å²) >= 11 is 0. The van der Waals surface area contributed by atoms with Gasteiger partial charge in [-0.05, 0) is 38.4 Å². The maximum atomic E-state index is 11.9. The summed E-state index contributed by atoms with van der Waals surface area (Å²) in [6, 6.07) is 7.90. The first-order chi connectivity index (χ1) is 11.0. The molecule has 2 N–H and O–H groups in total. The van der Waals surface area contributed by atoms with Crippen LogP contribution in [-0.4, -0.2) is 53.7 Å². The lowest BCUT2D eigenvalue weighted by atomic mass is 9.85. The average molecular weight is 320 g/mol. The number of aliphatic carboxylic acids is 1. The summed E-state index contributed by atoms with van der Waals surface area (Å²) in [7, 11) is 0. The van der Waals surface area contributed by atoms with Crippen LogP contribution in [0.2, 0.25) is 0 Å². The van der Waals surface area contributed by atoms with Crippen molar-refractivity contribution in [2.75, 3.05) is 19.7 Å². The van der Waals surface area contributed by atoms with Gasteiger partial charge in [-0.1, -0.05) is 24.6 Å². The second-order valence-electron chi connectivity index (χ2n) is 5.95. The minimum Gasteiger partial charge on any atom is -0.484 e. The molecule has 0 heterocycles. The van der Waals surface area contributed by atoms with E-state index < -0.39 is 5.97 Å². The SMILES string of the molecule is CCN(CC(=O)O)C1CC(NC(=O)COc2ccc(C)cc2)C1. The second kappa shape index (κ2) is 7.97. The lowest BCUT2D eigenvalue weighted by Gasteiger charge is -2.42. The number of hydrogen-bond acceptors (Lipinski definition) is 4. The Morgan fingerprint density at radius 3 is 2.52 bits per heavy atom. The van der Waals surface area contributed by atoms with Gasteiger partial charge in [-0.2, -0.15) is 0 Å².